The zero-order chi connectivity index (χ0) is 28.3. The highest BCUT2D eigenvalue weighted by Gasteiger charge is 2.38. The standard InChI is InChI=1S/C29H34ClN3O6/c1-17-24(28(35)38-4)26(25(18(2)31-17)29(36)39-5)19-14-20(27(34)23(15-19)37-3)16-32-10-12-33(13-11-32)22-8-6-21(30)7-9-22/h6-9,14-15,26,31,34H,10-13,16H2,1-5H3. The first-order valence-electron chi connectivity index (χ1n) is 12.7. The van der Waals surface area contributed by atoms with Crippen LogP contribution in [-0.4, -0.2) is 69.5 Å². The lowest BCUT2D eigenvalue weighted by atomic mass is 9.79. The number of rotatable bonds is 7. The Kier molecular flexibility index (Phi) is 8.72. The van der Waals surface area contributed by atoms with Crippen molar-refractivity contribution in [3.8, 4) is 11.5 Å². The van der Waals surface area contributed by atoms with Gasteiger partial charge in [-0.1, -0.05) is 11.6 Å². The van der Waals surface area contributed by atoms with Crippen LogP contribution in [0, 0.1) is 0 Å². The highest BCUT2D eigenvalue weighted by Crippen LogP contribution is 2.43. The van der Waals surface area contributed by atoms with Crippen LogP contribution in [0.4, 0.5) is 5.69 Å². The van der Waals surface area contributed by atoms with Crippen LogP contribution < -0.4 is 15.0 Å². The lowest BCUT2D eigenvalue weighted by Crippen LogP contribution is -2.46. The van der Waals surface area contributed by atoms with Crippen LogP contribution in [0.1, 0.15) is 30.9 Å². The largest absolute Gasteiger partial charge is 0.504 e. The zero-order valence-corrected chi connectivity index (χ0v) is 23.6. The molecule has 2 N–H and O–H groups in total. The predicted molar refractivity (Wildman–Crippen MR) is 149 cm³/mol. The van der Waals surface area contributed by atoms with Crippen molar-refractivity contribution >= 4 is 29.2 Å². The second-order valence-corrected chi connectivity index (χ2v) is 10.0. The fourth-order valence-corrected chi connectivity index (χ4v) is 5.40. The third kappa shape index (κ3) is 5.84. The van der Waals surface area contributed by atoms with E-state index in [0.717, 1.165) is 31.9 Å². The number of anilines is 1. The van der Waals surface area contributed by atoms with Crippen LogP contribution in [-0.2, 0) is 25.6 Å². The molecule has 0 aliphatic carbocycles. The summed E-state index contributed by atoms with van der Waals surface area (Å²) in [7, 11) is 4.07. The van der Waals surface area contributed by atoms with Gasteiger partial charge < -0.3 is 29.5 Å². The van der Waals surface area contributed by atoms with Gasteiger partial charge in [-0.2, -0.15) is 0 Å². The molecule has 2 aromatic rings. The number of phenols is 1. The number of aromatic hydroxyl groups is 1. The summed E-state index contributed by atoms with van der Waals surface area (Å²) in [5, 5.41) is 14.9. The zero-order valence-electron chi connectivity index (χ0n) is 22.8. The lowest BCUT2D eigenvalue weighted by Gasteiger charge is -2.36. The topological polar surface area (TPSA) is 101 Å². The van der Waals surface area contributed by atoms with E-state index in [-0.39, 0.29) is 11.5 Å². The minimum atomic E-state index is -0.777. The molecule has 1 fully saturated rings. The third-order valence-electron chi connectivity index (χ3n) is 7.26. The SMILES string of the molecule is COC(=O)C1=C(C)NC(C)=C(C(=O)OC)C1c1cc(CN2CCN(c3ccc(Cl)cc3)CC2)c(O)c(OC)c1. The Labute approximate surface area is 233 Å². The van der Waals surface area contributed by atoms with Crippen molar-refractivity contribution in [2.24, 2.45) is 0 Å². The minimum Gasteiger partial charge on any atom is -0.504 e. The number of hydrogen-bond donors (Lipinski definition) is 2. The Bertz CT molecular complexity index is 1280. The number of esters is 2. The molecule has 0 amide bonds. The van der Waals surface area contributed by atoms with Crippen LogP contribution >= 0.6 is 11.6 Å². The highest BCUT2D eigenvalue weighted by molar-refractivity contribution is 6.30. The fourth-order valence-electron chi connectivity index (χ4n) is 5.28. The molecule has 0 spiro atoms. The molecule has 4 rings (SSSR count). The Morgan fingerprint density at radius 2 is 1.51 bits per heavy atom. The molecule has 10 heteroatoms. The molecule has 0 unspecified atom stereocenters. The monoisotopic (exact) mass is 555 g/mol. The third-order valence-corrected chi connectivity index (χ3v) is 7.51. The van der Waals surface area contributed by atoms with Crippen LogP contribution in [0.5, 0.6) is 11.5 Å². The van der Waals surface area contributed by atoms with E-state index in [0.29, 0.717) is 45.2 Å². The van der Waals surface area contributed by atoms with E-state index in [9.17, 15) is 14.7 Å². The van der Waals surface area contributed by atoms with Gasteiger partial charge in [-0.25, -0.2) is 9.59 Å². The molecule has 0 bridgehead atoms. The Hall–Kier alpha value is -3.69. The van der Waals surface area contributed by atoms with Gasteiger partial charge in [-0.3, -0.25) is 4.90 Å². The van der Waals surface area contributed by atoms with E-state index in [4.69, 9.17) is 25.8 Å². The number of dihydropyridines is 1. The average Bonchev–Trinajstić information content (AvgIpc) is 2.94. The molecule has 0 aromatic heterocycles. The number of ether oxygens (including phenoxy) is 3. The van der Waals surface area contributed by atoms with Crippen molar-refractivity contribution in [1.29, 1.82) is 0 Å². The molecule has 2 aliphatic heterocycles. The van der Waals surface area contributed by atoms with Crippen molar-refractivity contribution in [3.05, 3.63) is 75.1 Å². The van der Waals surface area contributed by atoms with E-state index in [1.54, 1.807) is 19.9 Å². The molecule has 0 saturated carbocycles. The molecule has 9 nitrogen and oxygen atoms in total. The number of benzene rings is 2. The summed E-state index contributed by atoms with van der Waals surface area (Å²) in [6.07, 6.45) is 0. The Balaban J connectivity index is 1.67. The van der Waals surface area contributed by atoms with Crippen molar-refractivity contribution in [2.75, 3.05) is 52.4 Å². The fraction of sp³-hybridized carbons (Fsp3) is 0.379. The normalized spacial score (nSPS) is 16.7. The summed E-state index contributed by atoms with van der Waals surface area (Å²) in [5.74, 6) is -1.63. The number of phenolic OH excluding ortho intramolecular Hbond substituents is 1. The molecule has 2 aromatic carbocycles. The van der Waals surface area contributed by atoms with Gasteiger partial charge >= 0.3 is 11.9 Å². The van der Waals surface area contributed by atoms with Gasteiger partial charge in [0, 0.05) is 60.4 Å². The summed E-state index contributed by atoms with van der Waals surface area (Å²) in [4.78, 5) is 30.4. The van der Waals surface area contributed by atoms with Crippen molar-refractivity contribution < 1.29 is 28.9 Å². The smallest absolute Gasteiger partial charge is 0.336 e. The first-order chi connectivity index (χ1) is 18.7. The number of methoxy groups -OCH3 is 3. The van der Waals surface area contributed by atoms with E-state index < -0.39 is 17.9 Å². The molecule has 2 heterocycles. The molecular formula is C29H34ClN3O6. The van der Waals surface area contributed by atoms with Gasteiger partial charge in [-0.15, -0.1) is 0 Å². The first-order valence-corrected chi connectivity index (χ1v) is 13.0. The van der Waals surface area contributed by atoms with E-state index in [1.807, 2.05) is 30.3 Å². The van der Waals surface area contributed by atoms with Crippen LogP contribution in [0.2, 0.25) is 5.02 Å². The van der Waals surface area contributed by atoms with Crippen LogP contribution in [0.3, 0.4) is 0 Å². The Morgan fingerprint density at radius 3 is 2.03 bits per heavy atom. The highest BCUT2D eigenvalue weighted by atomic mass is 35.5. The van der Waals surface area contributed by atoms with E-state index in [2.05, 4.69) is 15.1 Å². The van der Waals surface area contributed by atoms with Gasteiger partial charge in [-0.05, 0) is 55.8 Å². The molecule has 0 atom stereocenters. The van der Waals surface area contributed by atoms with Crippen molar-refractivity contribution in [3.63, 3.8) is 0 Å². The average molecular weight is 556 g/mol. The number of nitrogens with zero attached hydrogens (tertiary/aromatic N) is 2. The van der Waals surface area contributed by atoms with Crippen LogP contribution in [0.15, 0.2) is 58.9 Å². The number of carbonyl (C=O) groups is 2. The maximum atomic E-state index is 12.9. The molecule has 1 saturated heterocycles. The van der Waals surface area contributed by atoms with Gasteiger partial charge in [0.25, 0.3) is 0 Å². The maximum Gasteiger partial charge on any atom is 0.336 e. The number of carbonyl (C=O) groups excluding carboxylic acids is 2. The van der Waals surface area contributed by atoms with Gasteiger partial charge in [0.05, 0.1) is 38.4 Å². The maximum absolute atomic E-state index is 12.9. The molecule has 2 aliphatic rings. The predicted octanol–water partition coefficient (Wildman–Crippen LogP) is 3.96. The number of piperazine rings is 1. The quantitative estimate of drug-likeness (QED) is 0.492. The number of hydrogen-bond acceptors (Lipinski definition) is 9. The molecule has 39 heavy (non-hydrogen) atoms. The van der Waals surface area contributed by atoms with E-state index >= 15 is 0 Å². The summed E-state index contributed by atoms with van der Waals surface area (Å²) < 4.78 is 15.7. The summed E-state index contributed by atoms with van der Waals surface area (Å²) in [5.41, 5.74) is 4.09. The number of nitrogens with one attached hydrogen (secondary N) is 1. The summed E-state index contributed by atoms with van der Waals surface area (Å²) >= 11 is 6.04. The summed E-state index contributed by atoms with van der Waals surface area (Å²) in [6, 6.07) is 11.3. The lowest BCUT2D eigenvalue weighted by molar-refractivity contribution is -0.137. The van der Waals surface area contributed by atoms with Crippen molar-refractivity contribution in [2.45, 2.75) is 26.3 Å². The van der Waals surface area contributed by atoms with Gasteiger partial charge in [0.1, 0.15) is 0 Å². The van der Waals surface area contributed by atoms with E-state index in [1.165, 1.54) is 21.3 Å². The van der Waals surface area contributed by atoms with Gasteiger partial charge in [0.2, 0.25) is 0 Å². The Morgan fingerprint density at radius 1 is 0.949 bits per heavy atom. The number of halogens is 1. The first kappa shape index (κ1) is 28.3. The molecule has 0 radical (unpaired) electrons. The minimum absolute atomic E-state index is 0.0240. The summed E-state index contributed by atoms with van der Waals surface area (Å²) in [6.45, 7) is 7.17. The molecular weight excluding hydrogens is 522 g/mol. The van der Waals surface area contributed by atoms with Crippen LogP contribution in [0.25, 0.3) is 0 Å². The second-order valence-electron chi connectivity index (χ2n) is 9.59. The van der Waals surface area contributed by atoms with Gasteiger partial charge in [0.15, 0.2) is 11.5 Å². The second kappa shape index (κ2) is 12.0. The number of allylic oxidation sites excluding steroid dienone is 2. The van der Waals surface area contributed by atoms with Crippen molar-refractivity contribution in [1.82, 2.24) is 10.2 Å². The molecule has 208 valence electrons.